The molecular weight excluding hydrogens is 310 g/mol. The molecule has 25 heavy (non-hydrogen) atoms. The molecule has 3 nitrogen and oxygen atoms in total. The van der Waals surface area contributed by atoms with Crippen LogP contribution in [0.15, 0.2) is 18.2 Å². The lowest BCUT2D eigenvalue weighted by Crippen LogP contribution is -2.69. The van der Waals surface area contributed by atoms with E-state index in [-0.39, 0.29) is 11.5 Å². The fourth-order valence-corrected chi connectivity index (χ4v) is 5.94. The maximum absolute atomic E-state index is 12.0. The van der Waals surface area contributed by atoms with E-state index in [2.05, 4.69) is 18.7 Å². The van der Waals surface area contributed by atoms with E-state index >= 15 is 0 Å². The van der Waals surface area contributed by atoms with Crippen LogP contribution in [0.5, 0.6) is 5.75 Å². The van der Waals surface area contributed by atoms with Crippen LogP contribution < -0.4 is 0 Å². The fraction of sp³-hybridized carbons (Fsp3) is 0.727. The van der Waals surface area contributed by atoms with Gasteiger partial charge in [-0.3, -0.25) is 4.90 Å². The van der Waals surface area contributed by atoms with Gasteiger partial charge in [0.1, 0.15) is 5.75 Å². The molecule has 3 unspecified atom stereocenters. The molecule has 1 aliphatic heterocycles. The quantitative estimate of drug-likeness (QED) is 0.867. The van der Waals surface area contributed by atoms with Crippen molar-refractivity contribution in [3.8, 4) is 5.75 Å². The molecule has 1 heterocycles. The monoisotopic (exact) mass is 343 g/mol. The first-order valence-corrected chi connectivity index (χ1v) is 10.2. The predicted molar refractivity (Wildman–Crippen MR) is 101 cm³/mol. The molecule has 0 spiro atoms. The second kappa shape index (κ2) is 6.28. The van der Waals surface area contributed by atoms with Crippen molar-refractivity contribution < 1.29 is 10.2 Å². The maximum atomic E-state index is 12.0. The molecule has 1 saturated heterocycles. The smallest absolute Gasteiger partial charge is 0.115 e. The molecule has 3 fully saturated rings. The minimum Gasteiger partial charge on any atom is -0.508 e. The van der Waals surface area contributed by atoms with Gasteiger partial charge in [-0.1, -0.05) is 25.3 Å². The summed E-state index contributed by atoms with van der Waals surface area (Å²) >= 11 is 0. The normalized spacial score (nSPS) is 36.7. The zero-order valence-corrected chi connectivity index (χ0v) is 15.8. The van der Waals surface area contributed by atoms with Crippen LogP contribution in [0.2, 0.25) is 0 Å². The van der Waals surface area contributed by atoms with Crippen LogP contribution in [-0.2, 0) is 5.41 Å². The summed E-state index contributed by atoms with van der Waals surface area (Å²) in [7, 11) is 0. The van der Waals surface area contributed by atoms with E-state index in [0.29, 0.717) is 5.75 Å². The number of rotatable bonds is 3. The third-order valence-corrected chi connectivity index (χ3v) is 7.76. The van der Waals surface area contributed by atoms with Gasteiger partial charge in [0, 0.05) is 18.0 Å². The Morgan fingerprint density at radius 3 is 2.60 bits per heavy atom. The Bertz CT molecular complexity index is 641. The van der Waals surface area contributed by atoms with E-state index in [1.165, 1.54) is 36.8 Å². The van der Waals surface area contributed by atoms with E-state index in [1.54, 1.807) is 6.07 Å². The lowest BCUT2D eigenvalue weighted by Gasteiger charge is -2.61. The SMILES string of the molecule is Cc1ccc(O)cc1C12CCCCC1(O)C(C)N(CC1CCC1)CC2. The third-order valence-electron chi connectivity index (χ3n) is 7.76. The van der Waals surface area contributed by atoms with Crippen molar-refractivity contribution in [2.24, 2.45) is 5.92 Å². The van der Waals surface area contributed by atoms with E-state index in [9.17, 15) is 10.2 Å². The molecular formula is C22H33NO2. The van der Waals surface area contributed by atoms with Gasteiger partial charge in [0.05, 0.1) is 5.60 Å². The predicted octanol–water partition coefficient (Wildman–Crippen LogP) is 4.14. The first-order chi connectivity index (χ1) is 12.0. The standard InChI is InChI=1S/C22H33NO2/c1-16-8-9-19(24)14-20(16)21-10-3-4-11-22(21,25)17(2)23(13-12-21)15-18-6-5-7-18/h8-9,14,17-18,24-25H,3-7,10-13,15H2,1-2H3. The number of piperidine rings is 1. The van der Waals surface area contributed by atoms with Gasteiger partial charge in [-0.25, -0.2) is 0 Å². The average molecular weight is 344 g/mol. The van der Waals surface area contributed by atoms with Gasteiger partial charge in [-0.05, 0) is 81.7 Å². The van der Waals surface area contributed by atoms with Gasteiger partial charge < -0.3 is 10.2 Å². The second-order valence-electron chi connectivity index (χ2n) is 8.93. The Labute approximate surface area is 152 Å². The molecule has 0 bridgehead atoms. The number of likely N-dealkylation sites (tertiary alicyclic amines) is 1. The molecule has 3 atom stereocenters. The molecule has 0 aromatic heterocycles. The number of aryl methyl sites for hydroxylation is 1. The largest absolute Gasteiger partial charge is 0.508 e. The minimum absolute atomic E-state index is 0.184. The summed E-state index contributed by atoms with van der Waals surface area (Å²) in [6.07, 6.45) is 9.30. The van der Waals surface area contributed by atoms with Crippen LogP contribution in [0, 0.1) is 12.8 Å². The van der Waals surface area contributed by atoms with Crippen molar-refractivity contribution in [2.75, 3.05) is 13.1 Å². The second-order valence-corrected chi connectivity index (χ2v) is 8.93. The highest BCUT2D eigenvalue weighted by atomic mass is 16.3. The van der Waals surface area contributed by atoms with Gasteiger partial charge in [0.25, 0.3) is 0 Å². The molecule has 2 aliphatic carbocycles. The number of phenolic OH excluding ortho intramolecular Hbond substituents is 1. The van der Waals surface area contributed by atoms with E-state index in [1.807, 2.05) is 12.1 Å². The van der Waals surface area contributed by atoms with E-state index in [4.69, 9.17) is 0 Å². The van der Waals surface area contributed by atoms with Crippen LogP contribution in [0.4, 0.5) is 0 Å². The topological polar surface area (TPSA) is 43.7 Å². The molecule has 1 aromatic rings. The highest BCUT2D eigenvalue weighted by molar-refractivity contribution is 5.43. The number of hydrogen-bond donors (Lipinski definition) is 2. The molecule has 1 aromatic carbocycles. The Morgan fingerprint density at radius 2 is 1.88 bits per heavy atom. The zero-order valence-electron chi connectivity index (χ0n) is 15.8. The maximum Gasteiger partial charge on any atom is 0.115 e. The van der Waals surface area contributed by atoms with E-state index < -0.39 is 5.60 Å². The number of aromatic hydroxyl groups is 1. The Hall–Kier alpha value is -1.06. The number of fused-ring (bicyclic) bond motifs is 1. The highest BCUT2D eigenvalue weighted by Gasteiger charge is 2.59. The molecule has 2 saturated carbocycles. The van der Waals surface area contributed by atoms with Gasteiger partial charge >= 0.3 is 0 Å². The summed E-state index contributed by atoms with van der Waals surface area (Å²) < 4.78 is 0. The first kappa shape index (κ1) is 17.4. The summed E-state index contributed by atoms with van der Waals surface area (Å²) in [6, 6.07) is 5.90. The van der Waals surface area contributed by atoms with Crippen LogP contribution in [0.1, 0.15) is 69.4 Å². The summed E-state index contributed by atoms with van der Waals surface area (Å²) in [5.41, 5.74) is 1.50. The van der Waals surface area contributed by atoms with Crippen LogP contribution in [-0.4, -0.2) is 39.8 Å². The number of phenols is 1. The average Bonchev–Trinajstić information content (AvgIpc) is 2.56. The van der Waals surface area contributed by atoms with E-state index in [0.717, 1.165) is 44.7 Å². The summed E-state index contributed by atoms with van der Waals surface area (Å²) in [4.78, 5) is 2.56. The van der Waals surface area contributed by atoms with Gasteiger partial charge in [0.15, 0.2) is 0 Å². The molecule has 0 radical (unpaired) electrons. The highest BCUT2D eigenvalue weighted by Crippen LogP contribution is 2.55. The molecule has 2 N–H and O–H groups in total. The van der Waals surface area contributed by atoms with Gasteiger partial charge in [-0.2, -0.15) is 0 Å². The number of benzene rings is 1. The minimum atomic E-state index is -0.689. The summed E-state index contributed by atoms with van der Waals surface area (Å²) in [5.74, 6) is 1.16. The van der Waals surface area contributed by atoms with Crippen molar-refractivity contribution in [3.63, 3.8) is 0 Å². The van der Waals surface area contributed by atoms with Crippen molar-refractivity contribution in [1.82, 2.24) is 4.90 Å². The van der Waals surface area contributed by atoms with Crippen LogP contribution in [0.3, 0.4) is 0 Å². The fourth-order valence-electron chi connectivity index (χ4n) is 5.94. The molecule has 0 amide bonds. The lowest BCUT2D eigenvalue weighted by molar-refractivity contribution is -0.157. The molecule has 3 heteroatoms. The third kappa shape index (κ3) is 2.62. The van der Waals surface area contributed by atoms with Crippen molar-refractivity contribution in [2.45, 2.75) is 82.3 Å². The number of hydrogen-bond acceptors (Lipinski definition) is 3. The zero-order chi connectivity index (χ0) is 17.7. The molecule has 4 rings (SSSR count). The Balaban J connectivity index is 1.71. The number of aliphatic hydroxyl groups is 1. The first-order valence-electron chi connectivity index (χ1n) is 10.2. The number of nitrogens with zero attached hydrogens (tertiary/aromatic N) is 1. The molecule has 3 aliphatic rings. The van der Waals surface area contributed by atoms with Crippen molar-refractivity contribution >= 4 is 0 Å². The Kier molecular flexibility index (Phi) is 4.36. The van der Waals surface area contributed by atoms with Crippen molar-refractivity contribution in [3.05, 3.63) is 29.3 Å². The summed E-state index contributed by atoms with van der Waals surface area (Å²) in [6.45, 7) is 6.59. The van der Waals surface area contributed by atoms with Crippen LogP contribution in [0.25, 0.3) is 0 Å². The van der Waals surface area contributed by atoms with Gasteiger partial charge in [-0.15, -0.1) is 0 Å². The summed E-state index contributed by atoms with van der Waals surface area (Å²) in [5, 5.41) is 22.2. The lowest BCUT2D eigenvalue weighted by atomic mass is 9.53. The Morgan fingerprint density at radius 1 is 1.12 bits per heavy atom. The van der Waals surface area contributed by atoms with Crippen molar-refractivity contribution in [1.29, 1.82) is 0 Å². The van der Waals surface area contributed by atoms with Crippen LogP contribution >= 0.6 is 0 Å². The molecule has 138 valence electrons. The van der Waals surface area contributed by atoms with Gasteiger partial charge in [0.2, 0.25) is 0 Å².